The first-order valence-corrected chi connectivity index (χ1v) is 7.65. The first kappa shape index (κ1) is 14.1. The third-order valence-electron chi connectivity index (χ3n) is 3.74. The van der Waals surface area contributed by atoms with Crippen molar-refractivity contribution in [1.82, 2.24) is 0 Å². The molecular weight excluding hydrogens is 328 g/mol. The minimum atomic E-state index is 0.109. The molecule has 3 heteroatoms. The van der Waals surface area contributed by atoms with Crippen LogP contribution in [0, 0.1) is 0 Å². The molecule has 0 N–H and O–H groups in total. The van der Waals surface area contributed by atoms with Gasteiger partial charge >= 0.3 is 0 Å². The van der Waals surface area contributed by atoms with Crippen molar-refractivity contribution in [1.29, 1.82) is 0 Å². The Hall–Kier alpha value is -1.87. The standard InChI is InChI=1S/C18H15BrO2/c1-21-17-4-2-3-16-15(17)10-7-13(18(16)20)11-12-5-8-14(19)9-6-12/h2-6,8-9,11H,7,10H2,1H3/b13-11+. The Balaban J connectivity index is 1.97. The van der Waals surface area contributed by atoms with Gasteiger partial charge < -0.3 is 4.74 Å². The predicted octanol–water partition coefficient (Wildman–Crippen LogP) is 4.67. The molecule has 1 aliphatic rings. The van der Waals surface area contributed by atoms with Crippen LogP contribution in [0.2, 0.25) is 0 Å². The monoisotopic (exact) mass is 342 g/mol. The maximum Gasteiger partial charge on any atom is 0.189 e. The zero-order valence-electron chi connectivity index (χ0n) is 11.7. The normalized spacial score (nSPS) is 15.9. The van der Waals surface area contributed by atoms with Crippen LogP contribution in [-0.2, 0) is 6.42 Å². The van der Waals surface area contributed by atoms with Crippen LogP contribution in [0.1, 0.15) is 27.9 Å². The van der Waals surface area contributed by atoms with E-state index in [1.54, 1.807) is 7.11 Å². The van der Waals surface area contributed by atoms with Gasteiger partial charge in [-0.15, -0.1) is 0 Å². The Morgan fingerprint density at radius 3 is 2.57 bits per heavy atom. The van der Waals surface area contributed by atoms with Gasteiger partial charge in [0, 0.05) is 21.2 Å². The number of methoxy groups -OCH3 is 1. The summed E-state index contributed by atoms with van der Waals surface area (Å²) in [5.41, 5.74) is 3.70. The molecule has 3 rings (SSSR count). The van der Waals surface area contributed by atoms with E-state index in [9.17, 15) is 4.79 Å². The Bertz CT molecular complexity index is 714. The summed E-state index contributed by atoms with van der Waals surface area (Å²) in [6.45, 7) is 0. The largest absolute Gasteiger partial charge is 0.496 e. The zero-order chi connectivity index (χ0) is 14.8. The molecule has 0 atom stereocenters. The molecule has 0 aliphatic heterocycles. The summed E-state index contributed by atoms with van der Waals surface area (Å²) in [6, 6.07) is 13.6. The van der Waals surface area contributed by atoms with E-state index in [-0.39, 0.29) is 5.78 Å². The van der Waals surface area contributed by atoms with Crippen LogP contribution >= 0.6 is 15.9 Å². The Labute approximate surface area is 132 Å². The highest BCUT2D eigenvalue weighted by Crippen LogP contribution is 2.32. The van der Waals surface area contributed by atoms with Crippen LogP contribution in [0.4, 0.5) is 0 Å². The van der Waals surface area contributed by atoms with Crippen molar-refractivity contribution in [3.8, 4) is 5.75 Å². The van der Waals surface area contributed by atoms with E-state index >= 15 is 0 Å². The van der Waals surface area contributed by atoms with Crippen LogP contribution in [-0.4, -0.2) is 12.9 Å². The number of carbonyl (C=O) groups excluding carboxylic acids is 1. The lowest BCUT2D eigenvalue weighted by molar-refractivity contribution is 0.102. The number of ketones is 1. The lowest BCUT2D eigenvalue weighted by Crippen LogP contribution is -2.15. The van der Waals surface area contributed by atoms with E-state index in [4.69, 9.17) is 4.74 Å². The van der Waals surface area contributed by atoms with E-state index in [1.165, 1.54) is 0 Å². The molecule has 0 bridgehead atoms. The Morgan fingerprint density at radius 1 is 1.10 bits per heavy atom. The molecule has 0 unspecified atom stereocenters. The van der Waals surface area contributed by atoms with Crippen molar-refractivity contribution in [3.63, 3.8) is 0 Å². The topological polar surface area (TPSA) is 26.3 Å². The maximum absolute atomic E-state index is 12.6. The second kappa shape index (κ2) is 5.86. The lowest BCUT2D eigenvalue weighted by atomic mass is 9.85. The highest BCUT2D eigenvalue weighted by Gasteiger charge is 2.24. The molecule has 0 heterocycles. The van der Waals surface area contributed by atoms with Crippen LogP contribution in [0.3, 0.4) is 0 Å². The quantitative estimate of drug-likeness (QED) is 0.741. The number of ether oxygens (including phenoxy) is 1. The van der Waals surface area contributed by atoms with Gasteiger partial charge in [-0.05, 0) is 42.7 Å². The van der Waals surface area contributed by atoms with Gasteiger partial charge in [-0.2, -0.15) is 0 Å². The summed E-state index contributed by atoms with van der Waals surface area (Å²) in [6.07, 6.45) is 3.58. The third-order valence-corrected chi connectivity index (χ3v) is 4.27. The molecule has 2 aromatic carbocycles. The van der Waals surface area contributed by atoms with Gasteiger partial charge in [0.2, 0.25) is 0 Å². The summed E-state index contributed by atoms with van der Waals surface area (Å²) < 4.78 is 6.39. The van der Waals surface area contributed by atoms with Gasteiger partial charge in [-0.1, -0.05) is 40.2 Å². The number of carbonyl (C=O) groups is 1. The van der Waals surface area contributed by atoms with Gasteiger partial charge in [0.1, 0.15) is 5.75 Å². The second-order valence-electron chi connectivity index (χ2n) is 5.04. The average Bonchev–Trinajstić information content (AvgIpc) is 2.51. The number of hydrogen-bond acceptors (Lipinski definition) is 2. The first-order chi connectivity index (χ1) is 10.2. The third kappa shape index (κ3) is 2.79. The Morgan fingerprint density at radius 2 is 1.86 bits per heavy atom. The number of Topliss-reactive ketones (excluding diaryl/α,β-unsaturated/α-hetero) is 1. The summed E-state index contributed by atoms with van der Waals surface area (Å²) in [7, 11) is 1.65. The van der Waals surface area contributed by atoms with E-state index in [2.05, 4.69) is 15.9 Å². The first-order valence-electron chi connectivity index (χ1n) is 6.86. The molecule has 0 amide bonds. The van der Waals surface area contributed by atoms with Gasteiger partial charge in [0.25, 0.3) is 0 Å². The van der Waals surface area contributed by atoms with E-state index in [1.807, 2.05) is 48.5 Å². The number of benzene rings is 2. The van der Waals surface area contributed by atoms with Crippen molar-refractivity contribution in [2.75, 3.05) is 7.11 Å². The van der Waals surface area contributed by atoms with Gasteiger partial charge in [0.05, 0.1) is 7.11 Å². The molecule has 0 saturated carbocycles. The smallest absolute Gasteiger partial charge is 0.189 e. The van der Waals surface area contributed by atoms with Gasteiger partial charge in [0.15, 0.2) is 5.78 Å². The zero-order valence-corrected chi connectivity index (χ0v) is 13.3. The van der Waals surface area contributed by atoms with Crippen molar-refractivity contribution in [3.05, 3.63) is 69.2 Å². The predicted molar refractivity (Wildman–Crippen MR) is 87.8 cm³/mol. The summed E-state index contributed by atoms with van der Waals surface area (Å²) in [4.78, 5) is 12.6. The minimum Gasteiger partial charge on any atom is -0.496 e. The van der Waals surface area contributed by atoms with E-state index in [0.29, 0.717) is 0 Å². The number of fused-ring (bicyclic) bond motifs is 1. The fraction of sp³-hybridized carbons (Fsp3) is 0.167. The fourth-order valence-electron chi connectivity index (χ4n) is 2.67. The van der Waals surface area contributed by atoms with Gasteiger partial charge in [-0.3, -0.25) is 4.79 Å². The summed E-state index contributed by atoms with van der Waals surface area (Å²) in [5, 5.41) is 0. The number of halogens is 1. The highest BCUT2D eigenvalue weighted by atomic mass is 79.9. The molecule has 2 aromatic rings. The fourth-order valence-corrected chi connectivity index (χ4v) is 2.94. The molecule has 21 heavy (non-hydrogen) atoms. The molecule has 1 aliphatic carbocycles. The molecule has 0 spiro atoms. The molecule has 106 valence electrons. The van der Waals surface area contributed by atoms with Crippen molar-refractivity contribution in [2.24, 2.45) is 0 Å². The Kier molecular flexibility index (Phi) is 3.93. The highest BCUT2D eigenvalue weighted by molar-refractivity contribution is 9.10. The lowest BCUT2D eigenvalue weighted by Gasteiger charge is -2.19. The van der Waals surface area contributed by atoms with Gasteiger partial charge in [-0.25, -0.2) is 0 Å². The second-order valence-corrected chi connectivity index (χ2v) is 5.95. The molecule has 0 saturated heterocycles. The molecule has 2 nitrogen and oxygen atoms in total. The number of allylic oxidation sites excluding steroid dienone is 1. The van der Waals surface area contributed by atoms with Crippen LogP contribution in [0.15, 0.2) is 52.5 Å². The molecule has 0 radical (unpaired) electrons. The van der Waals surface area contributed by atoms with Crippen molar-refractivity contribution in [2.45, 2.75) is 12.8 Å². The molecular formula is C18H15BrO2. The van der Waals surface area contributed by atoms with Crippen molar-refractivity contribution >= 4 is 27.8 Å². The molecule has 0 fully saturated rings. The van der Waals surface area contributed by atoms with Crippen LogP contribution < -0.4 is 4.74 Å². The number of hydrogen-bond donors (Lipinski definition) is 0. The summed E-state index contributed by atoms with van der Waals surface area (Å²) in [5.74, 6) is 0.918. The maximum atomic E-state index is 12.6. The van der Waals surface area contributed by atoms with E-state index < -0.39 is 0 Å². The summed E-state index contributed by atoms with van der Waals surface area (Å²) >= 11 is 3.42. The minimum absolute atomic E-state index is 0.109. The van der Waals surface area contributed by atoms with Crippen LogP contribution in [0.25, 0.3) is 6.08 Å². The van der Waals surface area contributed by atoms with E-state index in [0.717, 1.165) is 45.3 Å². The number of rotatable bonds is 2. The average molecular weight is 343 g/mol. The van der Waals surface area contributed by atoms with Crippen LogP contribution in [0.5, 0.6) is 5.75 Å². The van der Waals surface area contributed by atoms with Crippen molar-refractivity contribution < 1.29 is 9.53 Å². The SMILES string of the molecule is COc1cccc2c1CC/C(=C\c1ccc(Br)cc1)C2=O. The molecule has 0 aromatic heterocycles.